The van der Waals surface area contributed by atoms with Gasteiger partial charge in [-0.2, -0.15) is 0 Å². The Hall–Kier alpha value is -1.06. The molecular weight excluding hydrogens is 216 g/mol. The van der Waals surface area contributed by atoms with Gasteiger partial charge in [0.05, 0.1) is 6.54 Å². The first-order valence-corrected chi connectivity index (χ1v) is 6.79. The van der Waals surface area contributed by atoms with Gasteiger partial charge >= 0.3 is 0 Å². The number of hydrogen-bond acceptors (Lipinski definition) is 2. The number of nitrogens with zero attached hydrogens (tertiary/aromatic N) is 1. The molecule has 1 heterocycles. The number of carbonyl (C=O) groups is 2. The van der Waals surface area contributed by atoms with Gasteiger partial charge in [0.25, 0.3) is 0 Å². The van der Waals surface area contributed by atoms with Crippen LogP contribution in [0.3, 0.4) is 0 Å². The summed E-state index contributed by atoms with van der Waals surface area (Å²) in [6.07, 6.45) is 7.09. The highest BCUT2D eigenvalue weighted by atomic mass is 16.2. The van der Waals surface area contributed by atoms with E-state index < -0.39 is 5.54 Å². The number of carbonyl (C=O) groups excluding carboxylic acids is 2. The van der Waals surface area contributed by atoms with Crippen LogP contribution in [-0.4, -0.2) is 35.3 Å². The van der Waals surface area contributed by atoms with E-state index >= 15 is 0 Å². The first-order valence-electron chi connectivity index (χ1n) is 6.79. The van der Waals surface area contributed by atoms with E-state index in [1.54, 1.807) is 0 Å². The summed E-state index contributed by atoms with van der Waals surface area (Å²) in [6.45, 7) is 3.09. The Bertz CT molecular complexity index is 309. The SMILES string of the molecule is CCCCCN1C(=O)CNC(=O)C12CCCC2. The largest absolute Gasteiger partial charge is 0.345 e. The zero-order valence-electron chi connectivity index (χ0n) is 10.6. The van der Waals surface area contributed by atoms with E-state index in [-0.39, 0.29) is 18.4 Å². The van der Waals surface area contributed by atoms with Crippen molar-refractivity contribution in [1.29, 1.82) is 0 Å². The van der Waals surface area contributed by atoms with Crippen molar-refractivity contribution in [1.82, 2.24) is 10.2 Å². The van der Waals surface area contributed by atoms with Crippen LogP contribution in [-0.2, 0) is 9.59 Å². The van der Waals surface area contributed by atoms with E-state index in [4.69, 9.17) is 0 Å². The summed E-state index contributed by atoms with van der Waals surface area (Å²) in [7, 11) is 0. The molecule has 0 aromatic heterocycles. The lowest BCUT2D eigenvalue weighted by Gasteiger charge is -2.43. The highest BCUT2D eigenvalue weighted by Crippen LogP contribution is 2.37. The Labute approximate surface area is 103 Å². The van der Waals surface area contributed by atoms with Gasteiger partial charge in [-0.25, -0.2) is 0 Å². The summed E-state index contributed by atoms with van der Waals surface area (Å²) in [5.74, 6) is 0.175. The number of rotatable bonds is 4. The van der Waals surface area contributed by atoms with Crippen molar-refractivity contribution in [3.8, 4) is 0 Å². The normalized spacial score (nSPS) is 23.2. The van der Waals surface area contributed by atoms with Crippen molar-refractivity contribution in [3.63, 3.8) is 0 Å². The molecule has 2 amide bonds. The van der Waals surface area contributed by atoms with Crippen LogP contribution in [0.5, 0.6) is 0 Å². The summed E-state index contributed by atoms with van der Waals surface area (Å²) in [4.78, 5) is 26.0. The highest BCUT2D eigenvalue weighted by Gasteiger charge is 2.50. The molecule has 0 unspecified atom stereocenters. The molecule has 17 heavy (non-hydrogen) atoms. The van der Waals surface area contributed by atoms with Crippen molar-refractivity contribution in [2.24, 2.45) is 0 Å². The maximum atomic E-state index is 12.1. The molecule has 1 N–H and O–H groups in total. The first-order chi connectivity index (χ1) is 8.20. The van der Waals surface area contributed by atoms with Gasteiger partial charge in [-0.3, -0.25) is 9.59 Å². The summed E-state index contributed by atoms with van der Waals surface area (Å²) < 4.78 is 0. The average Bonchev–Trinajstić information content (AvgIpc) is 2.79. The molecule has 2 fully saturated rings. The fourth-order valence-corrected chi connectivity index (χ4v) is 3.09. The van der Waals surface area contributed by atoms with Crippen LogP contribution < -0.4 is 5.32 Å². The smallest absolute Gasteiger partial charge is 0.246 e. The van der Waals surface area contributed by atoms with Crippen LogP contribution in [0.1, 0.15) is 51.9 Å². The lowest BCUT2D eigenvalue weighted by molar-refractivity contribution is -0.153. The Morgan fingerprint density at radius 3 is 2.59 bits per heavy atom. The molecule has 4 heteroatoms. The average molecular weight is 238 g/mol. The van der Waals surface area contributed by atoms with E-state index in [1.165, 1.54) is 0 Å². The summed E-state index contributed by atoms with van der Waals surface area (Å²) in [5.41, 5.74) is -0.497. The summed E-state index contributed by atoms with van der Waals surface area (Å²) in [6, 6.07) is 0. The number of nitrogens with one attached hydrogen (secondary N) is 1. The monoisotopic (exact) mass is 238 g/mol. The molecule has 2 rings (SSSR count). The third-order valence-electron chi connectivity index (χ3n) is 4.06. The second-order valence-corrected chi connectivity index (χ2v) is 5.17. The Morgan fingerprint density at radius 1 is 1.24 bits per heavy atom. The van der Waals surface area contributed by atoms with Crippen LogP contribution in [0.15, 0.2) is 0 Å². The number of hydrogen-bond donors (Lipinski definition) is 1. The van der Waals surface area contributed by atoms with Gasteiger partial charge in [-0.05, 0) is 19.3 Å². The Kier molecular flexibility index (Phi) is 3.69. The van der Waals surface area contributed by atoms with Gasteiger partial charge in [0.1, 0.15) is 5.54 Å². The van der Waals surface area contributed by atoms with E-state index in [9.17, 15) is 9.59 Å². The van der Waals surface area contributed by atoms with Gasteiger partial charge in [-0.15, -0.1) is 0 Å². The second kappa shape index (κ2) is 5.07. The Balaban J connectivity index is 2.11. The van der Waals surface area contributed by atoms with Crippen LogP contribution in [0.2, 0.25) is 0 Å². The topological polar surface area (TPSA) is 49.4 Å². The van der Waals surface area contributed by atoms with Gasteiger partial charge in [0, 0.05) is 6.54 Å². The van der Waals surface area contributed by atoms with Gasteiger partial charge in [0.15, 0.2) is 0 Å². The van der Waals surface area contributed by atoms with Crippen LogP contribution >= 0.6 is 0 Å². The summed E-state index contributed by atoms with van der Waals surface area (Å²) >= 11 is 0. The molecule has 0 aromatic carbocycles. The van der Waals surface area contributed by atoms with Gasteiger partial charge < -0.3 is 10.2 Å². The standard InChI is InChI=1S/C13H22N2O2/c1-2-3-6-9-15-11(16)10-14-12(17)13(15)7-4-5-8-13/h2-10H2,1H3,(H,14,17). The fourth-order valence-electron chi connectivity index (χ4n) is 3.09. The second-order valence-electron chi connectivity index (χ2n) is 5.17. The van der Waals surface area contributed by atoms with Crippen LogP contribution in [0.25, 0.3) is 0 Å². The lowest BCUT2D eigenvalue weighted by Crippen LogP contribution is -2.66. The predicted molar refractivity (Wildman–Crippen MR) is 65.4 cm³/mol. The van der Waals surface area contributed by atoms with Gasteiger partial charge in [0.2, 0.25) is 11.8 Å². The van der Waals surface area contributed by atoms with E-state index in [0.717, 1.165) is 51.5 Å². The third kappa shape index (κ3) is 2.17. The number of unbranched alkanes of at least 4 members (excludes halogenated alkanes) is 2. The minimum Gasteiger partial charge on any atom is -0.345 e. The highest BCUT2D eigenvalue weighted by molar-refractivity contribution is 5.98. The molecule has 1 aliphatic carbocycles. The van der Waals surface area contributed by atoms with Crippen molar-refractivity contribution in [2.75, 3.05) is 13.1 Å². The first kappa shape index (κ1) is 12.4. The van der Waals surface area contributed by atoms with E-state index in [1.807, 2.05) is 4.90 Å². The van der Waals surface area contributed by atoms with Gasteiger partial charge in [-0.1, -0.05) is 32.6 Å². The van der Waals surface area contributed by atoms with E-state index in [2.05, 4.69) is 12.2 Å². The molecule has 0 aromatic rings. The maximum Gasteiger partial charge on any atom is 0.246 e. The fraction of sp³-hybridized carbons (Fsp3) is 0.846. The van der Waals surface area contributed by atoms with Crippen molar-refractivity contribution >= 4 is 11.8 Å². The minimum absolute atomic E-state index is 0.0751. The van der Waals surface area contributed by atoms with Crippen molar-refractivity contribution < 1.29 is 9.59 Å². The molecular formula is C13H22N2O2. The van der Waals surface area contributed by atoms with Crippen LogP contribution in [0.4, 0.5) is 0 Å². The molecule has 2 aliphatic rings. The molecule has 1 saturated carbocycles. The molecule has 0 atom stereocenters. The molecule has 1 saturated heterocycles. The predicted octanol–water partition coefficient (Wildman–Crippen LogP) is 1.45. The minimum atomic E-state index is -0.497. The summed E-state index contributed by atoms with van der Waals surface area (Å²) in [5, 5.41) is 2.75. The molecule has 1 spiro atoms. The molecule has 4 nitrogen and oxygen atoms in total. The molecule has 1 aliphatic heterocycles. The zero-order valence-corrected chi connectivity index (χ0v) is 10.6. The number of piperazine rings is 1. The maximum absolute atomic E-state index is 12.1. The van der Waals surface area contributed by atoms with Crippen molar-refractivity contribution in [3.05, 3.63) is 0 Å². The Morgan fingerprint density at radius 2 is 1.94 bits per heavy atom. The molecule has 0 radical (unpaired) electrons. The zero-order chi connectivity index (χ0) is 12.3. The van der Waals surface area contributed by atoms with Crippen LogP contribution in [0, 0.1) is 0 Å². The molecule has 0 bridgehead atoms. The van der Waals surface area contributed by atoms with Crippen molar-refractivity contribution in [2.45, 2.75) is 57.4 Å². The molecule has 96 valence electrons. The third-order valence-corrected chi connectivity index (χ3v) is 4.06. The van der Waals surface area contributed by atoms with E-state index in [0.29, 0.717) is 0 Å². The number of amides is 2. The lowest BCUT2D eigenvalue weighted by atomic mass is 9.91. The quantitative estimate of drug-likeness (QED) is 0.754.